The normalized spacial score (nSPS) is 10.7. The number of aromatic carboxylic acids is 1. The molecule has 0 unspecified atom stereocenters. The average Bonchev–Trinajstić information content (AvgIpc) is 2.94. The maximum atomic E-state index is 11.2. The highest BCUT2D eigenvalue weighted by molar-refractivity contribution is 5.90. The summed E-state index contributed by atoms with van der Waals surface area (Å²) in [5, 5.41) is 17.0. The summed E-state index contributed by atoms with van der Waals surface area (Å²) >= 11 is 0. The second-order valence-corrected chi connectivity index (χ2v) is 5.49. The zero-order valence-electron chi connectivity index (χ0n) is 13.1. The zero-order chi connectivity index (χ0) is 16.6. The maximum Gasteiger partial charge on any atom is 0.335 e. The second-order valence-electron chi connectivity index (χ2n) is 5.49. The molecule has 1 heterocycles. The van der Waals surface area contributed by atoms with Gasteiger partial charge in [0.25, 0.3) is 0 Å². The number of aryl methyl sites for hydroxylation is 3. The van der Waals surface area contributed by atoms with Gasteiger partial charge in [0.05, 0.1) is 5.56 Å². The van der Waals surface area contributed by atoms with E-state index in [1.807, 2.05) is 38.1 Å². The first-order valence-electron chi connectivity index (χ1n) is 7.21. The van der Waals surface area contributed by atoms with Gasteiger partial charge in [-0.25, -0.2) is 4.79 Å². The number of hydrogen-bond donors (Lipinski definition) is 1. The quantitative estimate of drug-likeness (QED) is 0.790. The number of carboxylic acids is 1. The van der Waals surface area contributed by atoms with Crippen molar-refractivity contribution in [3.05, 3.63) is 59.0 Å². The fraction of sp³-hybridized carbons (Fsp3) is 0.167. The second kappa shape index (κ2) is 5.68. The molecule has 116 valence electrons. The summed E-state index contributed by atoms with van der Waals surface area (Å²) in [6.45, 7) is 5.70. The lowest BCUT2D eigenvalue weighted by molar-refractivity contribution is 0.0697. The highest BCUT2D eigenvalue weighted by Gasteiger charge is 2.12. The van der Waals surface area contributed by atoms with Crippen LogP contribution in [0.15, 0.2) is 40.8 Å². The van der Waals surface area contributed by atoms with Crippen LogP contribution in [0.1, 0.15) is 27.4 Å². The minimum Gasteiger partial charge on any atom is -0.478 e. The van der Waals surface area contributed by atoms with Crippen molar-refractivity contribution in [3.8, 4) is 22.6 Å². The Kier molecular flexibility index (Phi) is 3.70. The van der Waals surface area contributed by atoms with Gasteiger partial charge < -0.3 is 9.52 Å². The molecule has 0 saturated heterocycles. The summed E-state index contributed by atoms with van der Waals surface area (Å²) in [5.41, 5.74) is 5.07. The van der Waals surface area contributed by atoms with Crippen LogP contribution in [-0.2, 0) is 0 Å². The van der Waals surface area contributed by atoms with Gasteiger partial charge in [0.2, 0.25) is 11.8 Å². The van der Waals surface area contributed by atoms with Crippen molar-refractivity contribution in [2.75, 3.05) is 0 Å². The van der Waals surface area contributed by atoms with Crippen LogP contribution in [0.3, 0.4) is 0 Å². The molecule has 0 aliphatic heterocycles. The van der Waals surface area contributed by atoms with Gasteiger partial charge in [-0.15, -0.1) is 10.2 Å². The van der Waals surface area contributed by atoms with Crippen LogP contribution in [0, 0.1) is 20.8 Å². The van der Waals surface area contributed by atoms with Gasteiger partial charge in [-0.2, -0.15) is 0 Å². The first kappa shape index (κ1) is 15.0. The van der Waals surface area contributed by atoms with Crippen LogP contribution in [0.4, 0.5) is 0 Å². The van der Waals surface area contributed by atoms with E-state index in [-0.39, 0.29) is 5.56 Å². The summed E-state index contributed by atoms with van der Waals surface area (Å²) in [6.07, 6.45) is 0. The summed E-state index contributed by atoms with van der Waals surface area (Å²) in [5.74, 6) is 0.0711. The zero-order valence-corrected chi connectivity index (χ0v) is 13.1. The number of carbonyl (C=O) groups is 1. The molecule has 3 aromatic rings. The molecular weight excluding hydrogens is 292 g/mol. The molecule has 23 heavy (non-hydrogen) atoms. The number of nitrogens with zero attached hydrogens (tertiary/aromatic N) is 2. The highest BCUT2D eigenvalue weighted by atomic mass is 16.4. The third-order valence-corrected chi connectivity index (χ3v) is 3.77. The van der Waals surface area contributed by atoms with E-state index < -0.39 is 5.97 Å². The molecule has 5 heteroatoms. The molecule has 0 bridgehead atoms. The number of carboxylic acid groups (broad SMARTS) is 1. The number of rotatable bonds is 3. The third-order valence-electron chi connectivity index (χ3n) is 3.77. The topological polar surface area (TPSA) is 76.2 Å². The Labute approximate surface area is 133 Å². The standard InChI is InChI=1S/C18H16N2O3/c1-10-4-5-14(18(21)22)9-16(10)15-7-6-13(8-11(15)2)17-20-19-12(3)23-17/h4-9H,1-3H3,(H,21,22). The molecule has 0 fully saturated rings. The summed E-state index contributed by atoms with van der Waals surface area (Å²) in [7, 11) is 0. The van der Waals surface area contributed by atoms with Crippen LogP contribution in [-0.4, -0.2) is 21.3 Å². The van der Waals surface area contributed by atoms with Crippen LogP contribution in [0.2, 0.25) is 0 Å². The van der Waals surface area contributed by atoms with Gasteiger partial charge in [0.1, 0.15) is 0 Å². The molecular formula is C18H16N2O3. The fourth-order valence-electron chi connectivity index (χ4n) is 2.56. The van der Waals surface area contributed by atoms with Crippen molar-refractivity contribution in [3.63, 3.8) is 0 Å². The predicted octanol–water partition coefficient (Wildman–Crippen LogP) is 4.03. The number of benzene rings is 2. The Morgan fingerprint density at radius 3 is 2.35 bits per heavy atom. The Morgan fingerprint density at radius 2 is 1.74 bits per heavy atom. The molecule has 5 nitrogen and oxygen atoms in total. The van der Waals surface area contributed by atoms with E-state index in [4.69, 9.17) is 4.42 Å². The first-order chi connectivity index (χ1) is 11.0. The molecule has 0 spiro atoms. The van der Waals surface area contributed by atoms with Gasteiger partial charge in [-0.05, 0) is 60.4 Å². The van der Waals surface area contributed by atoms with E-state index in [0.29, 0.717) is 11.8 Å². The molecule has 0 radical (unpaired) electrons. The van der Waals surface area contributed by atoms with Gasteiger partial charge in [-0.3, -0.25) is 0 Å². The summed E-state index contributed by atoms with van der Waals surface area (Å²) in [6, 6.07) is 11.0. The van der Waals surface area contributed by atoms with E-state index in [2.05, 4.69) is 10.2 Å². The van der Waals surface area contributed by atoms with Crippen molar-refractivity contribution in [1.82, 2.24) is 10.2 Å². The Morgan fingerprint density at radius 1 is 0.957 bits per heavy atom. The van der Waals surface area contributed by atoms with E-state index in [1.54, 1.807) is 19.1 Å². The van der Waals surface area contributed by atoms with Crippen LogP contribution < -0.4 is 0 Å². The van der Waals surface area contributed by atoms with E-state index >= 15 is 0 Å². The molecule has 0 aliphatic rings. The monoisotopic (exact) mass is 308 g/mol. The van der Waals surface area contributed by atoms with Gasteiger partial charge in [0.15, 0.2) is 0 Å². The van der Waals surface area contributed by atoms with Crippen molar-refractivity contribution in [1.29, 1.82) is 0 Å². The molecule has 1 N–H and O–H groups in total. The lowest BCUT2D eigenvalue weighted by atomic mass is 9.93. The Hall–Kier alpha value is -2.95. The van der Waals surface area contributed by atoms with Gasteiger partial charge in [0, 0.05) is 12.5 Å². The number of hydrogen-bond acceptors (Lipinski definition) is 4. The largest absolute Gasteiger partial charge is 0.478 e. The smallest absolute Gasteiger partial charge is 0.335 e. The van der Waals surface area contributed by atoms with Crippen LogP contribution in [0.25, 0.3) is 22.6 Å². The SMILES string of the molecule is Cc1nnc(-c2ccc(-c3cc(C(=O)O)ccc3C)c(C)c2)o1. The highest BCUT2D eigenvalue weighted by Crippen LogP contribution is 2.30. The molecule has 2 aromatic carbocycles. The molecule has 0 amide bonds. The summed E-state index contributed by atoms with van der Waals surface area (Å²) in [4.78, 5) is 11.2. The molecule has 3 rings (SSSR count). The van der Waals surface area contributed by atoms with Crippen LogP contribution >= 0.6 is 0 Å². The molecule has 1 aromatic heterocycles. The predicted molar refractivity (Wildman–Crippen MR) is 86.3 cm³/mol. The van der Waals surface area contributed by atoms with Gasteiger partial charge >= 0.3 is 5.97 Å². The van der Waals surface area contributed by atoms with Crippen molar-refractivity contribution in [2.24, 2.45) is 0 Å². The van der Waals surface area contributed by atoms with Crippen molar-refractivity contribution in [2.45, 2.75) is 20.8 Å². The Balaban J connectivity index is 2.08. The van der Waals surface area contributed by atoms with E-state index in [0.717, 1.165) is 27.8 Å². The first-order valence-corrected chi connectivity index (χ1v) is 7.21. The maximum absolute atomic E-state index is 11.2. The van der Waals surface area contributed by atoms with Gasteiger partial charge in [-0.1, -0.05) is 12.1 Å². The fourth-order valence-corrected chi connectivity index (χ4v) is 2.56. The Bertz CT molecular complexity index is 897. The van der Waals surface area contributed by atoms with Crippen molar-refractivity contribution >= 4 is 5.97 Å². The molecule has 0 atom stereocenters. The minimum atomic E-state index is -0.929. The minimum absolute atomic E-state index is 0.279. The molecule has 0 saturated carbocycles. The molecule has 0 aliphatic carbocycles. The van der Waals surface area contributed by atoms with E-state index in [1.165, 1.54) is 0 Å². The lowest BCUT2D eigenvalue weighted by Gasteiger charge is -2.11. The number of aromatic nitrogens is 2. The average molecular weight is 308 g/mol. The van der Waals surface area contributed by atoms with E-state index in [9.17, 15) is 9.90 Å². The van der Waals surface area contributed by atoms with Crippen molar-refractivity contribution < 1.29 is 14.3 Å². The third kappa shape index (κ3) is 2.85. The lowest BCUT2D eigenvalue weighted by Crippen LogP contribution is -1.98. The summed E-state index contributed by atoms with van der Waals surface area (Å²) < 4.78 is 5.44. The van der Waals surface area contributed by atoms with Crippen LogP contribution in [0.5, 0.6) is 0 Å².